The molecule has 0 spiro atoms. The number of aromatic nitrogens is 1. The Hall–Kier alpha value is -2.70. The Morgan fingerprint density at radius 1 is 1.14 bits per heavy atom. The largest absolute Gasteiger partial charge is 0.494 e. The third kappa shape index (κ3) is 3.53. The predicted octanol–water partition coefficient (Wildman–Crippen LogP) is 4.56. The first-order valence-electron chi connectivity index (χ1n) is 9.60. The van der Waals surface area contributed by atoms with Crippen LogP contribution in [0, 0.1) is 17.6 Å². The predicted molar refractivity (Wildman–Crippen MR) is 102 cm³/mol. The lowest BCUT2D eigenvalue weighted by molar-refractivity contribution is 0.0425. The van der Waals surface area contributed by atoms with Crippen LogP contribution in [0.3, 0.4) is 0 Å². The first-order valence-corrected chi connectivity index (χ1v) is 9.60. The molecule has 0 bridgehead atoms. The first kappa shape index (κ1) is 18.7. The van der Waals surface area contributed by atoms with E-state index in [9.17, 15) is 13.6 Å². The fourth-order valence-corrected chi connectivity index (χ4v) is 4.06. The van der Waals surface area contributed by atoms with E-state index in [1.165, 1.54) is 13.5 Å². The van der Waals surface area contributed by atoms with Crippen LogP contribution >= 0.6 is 0 Å². The normalized spacial score (nSPS) is 18.0. The number of pyridine rings is 1. The highest BCUT2D eigenvalue weighted by Crippen LogP contribution is 2.47. The van der Waals surface area contributed by atoms with Crippen molar-refractivity contribution < 1.29 is 18.3 Å². The van der Waals surface area contributed by atoms with Crippen LogP contribution in [-0.2, 0) is 0 Å². The van der Waals surface area contributed by atoms with Crippen molar-refractivity contribution in [1.82, 2.24) is 10.3 Å². The lowest BCUT2D eigenvalue weighted by Crippen LogP contribution is -2.60. The third-order valence-electron chi connectivity index (χ3n) is 5.92. The van der Waals surface area contributed by atoms with Crippen molar-refractivity contribution in [3.05, 3.63) is 47.7 Å². The van der Waals surface area contributed by atoms with E-state index >= 15 is 0 Å². The van der Waals surface area contributed by atoms with Gasteiger partial charge in [0.25, 0.3) is 5.91 Å². The molecular formula is C21H23F2N3O2. The summed E-state index contributed by atoms with van der Waals surface area (Å²) in [6, 6.07) is 6.34. The molecular weight excluding hydrogens is 364 g/mol. The number of nitrogens with zero attached hydrogens (tertiary/aromatic N) is 1. The molecule has 0 radical (unpaired) electrons. The number of nitrogens with one attached hydrogen (secondary N) is 2. The Labute approximate surface area is 162 Å². The van der Waals surface area contributed by atoms with Crippen LogP contribution in [0.1, 0.15) is 49.0 Å². The van der Waals surface area contributed by atoms with Gasteiger partial charge in [0, 0.05) is 17.3 Å². The number of ether oxygens (including phenoxy) is 1. The molecule has 4 rings (SSSR count). The Morgan fingerprint density at radius 3 is 2.39 bits per heavy atom. The zero-order valence-electron chi connectivity index (χ0n) is 15.7. The Morgan fingerprint density at radius 2 is 1.86 bits per heavy atom. The maximum atomic E-state index is 13.4. The summed E-state index contributed by atoms with van der Waals surface area (Å²) >= 11 is 0. The van der Waals surface area contributed by atoms with Crippen LogP contribution in [-0.4, -0.2) is 23.5 Å². The van der Waals surface area contributed by atoms with Crippen molar-refractivity contribution in [1.29, 1.82) is 0 Å². The van der Waals surface area contributed by atoms with E-state index in [2.05, 4.69) is 15.6 Å². The number of hydrogen-bond acceptors (Lipinski definition) is 4. The highest BCUT2D eigenvalue weighted by molar-refractivity contribution is 5.96. The summed E-state index contributed by atoms with van der Waals surface area (Å²) in [5.74, 6) is -0.466. The molecule has 1 aromatic heterocycles. The molecule has 2 saturated carbocycles. The average Bonchev–Trinajstić information content (AvgIpc) is 2.57. The highest BCUT2D eigenvalue weighted by atomic mass is 19.1. The van der Waals surface area contributed by atoms with Crippen molar-refractivity contribution in [3.63, 3.8) is 0 Å². The van der Waals surface area contributed by atoms with Gasteiger partial charge in [0.1, 0.15) is 23.2 Å². The van der Waals surface area contributed by atoms with Gasteiger partial charge in [-0.25, -0.2) is 13.8 Å². The molecule has 0 saturated heterocycles. The standard InChI is InChI=1S/C21H23F2N3O2/c1-28-17-6-7-18(24-16-11-14(22)10-15(23)12-16)25-19(17)20(27)26-21(8-3-9-21)13-4-2-5-13/h6-7,10-13H,2-5,8-9H2,1H3,(H,24,25)(H,26,27). The van der Waals surface area contributed by atoms with Crippen molar-refractivity contribution in [2.45, 2.75) is 44.1 Å². The molecule has 5 nitrogen and oxygen atoms in total. The van der Waals surface area contributed by atoms with Crippen LogP contribution in [0.2, 0.25) is 0 Å². The van der Waals surface area contributed by atoms with Gasteiger partial charge in [-0.1, -0.05) is 6.42 Å². The topological polar surface area (TPSA) is 63.2 Å². The van der Waals surface area contributed by atoms with Gasteiger partial charge in [-0.15, -0.1) is 0 Å². The minimum atomic E-state index is -0.693. The first-order chi connectivity index (χ1) is 13.5. The van der Waals surface area contributed by atoms with Gasteiger partial charge >= 0.3 is 0 Å². The van der Waals surface area contributed by atoms with Gasteiger partial charge in [0.05, 0.1) is 7.11 Å². The number of methoxy groups -OCH3 is 1. The SMILES string of the molecule is COc1ccc(Nc2cc(F)cc(F)c2)nc1C(=O)NC1(C2CCC2)CCC1. The zero-order valence-corrected chi connectivity index (χ0v) is 15.7. The summed E-state index contributed by atoms with van der Waals surface area (Å²) in [5.41, 5.74) is 0.248. The summed E-state index contributed by atoms with van der Waals surface area (Å²) in [6.07, 6.45) is 6.62. The van der Waals surface area contributed by atoms with E-state index in [1.54, 1.807) is 12.1 Å². The van der Waals surface area contributed by atoms with Crippen LogP contribution < -0.4 is 15.4 Å². The van der Waals surface area contributed by atoms with E-state index in [-0.39, 0.29) is 22.8 Å². The molecule has 148 valence electrons. The van der Waals surface area contributed by atoms with Gasteiger partial charge in [0.2, 0.25) is 0 Å². The van der Waals surface area contributed by atoms with Crippen molar-refractivity contribution >= 4 is 17.4 Å². The monoisotopic (exact) mass is 387 g/mol. The highest BCUT2D eigenvalue weighted by Gasteiger charge is 2.47. The fraction of sp³-hybridized carbons (Fsp3) is 0.429. The molecule has 2 N–H and O–H groups in total. The molecule has 28 heavy (non-hydrogen) atoms. The molecule has 7 heteroatoms. The molecule has 1 heterocycles. The van der Waals surface area contributed by atoms with Crippen LogP contribution in [0.15, 0.2) is 30.3 Å². The number of rotatable bonds is 6. The van der Waals surface area contributed by atoms with E-state index in [1.807, 2.05) is 0 Å². The number of carbonyl (C=O) groups is 1. The lowest BCUT2D eigenvalue weighted by atomic mass is 9.61. The summed E-state index contributed by atoms with van der Waals surface area (Å²) in [5, 5.41) is 6.04. The average molecular weight is 387 g/mol. The van der Waals surface area contributed by atoms with E-state index < -0.39 is 11.6 Å². The summed E-state index contributed by atoms with van der Waals surface area (Å²) in [4.78, 5) is 17.3. The lowest BCUT2D eigenvalue weighted by Gasteiger charge is -2.52. The van der Waals surface area contributed by atoms with Gasteiger partial charge in [-0.05, 0) is 62.3 Å². The van der Waals surface area contributed by atoms with Gasteiger partial charge in [0.15, 0.2) is 5.69 Å². The number of benzene rings is 1. The maximum absolute atomic E-state index is 13.4. The second-order valence-electron chi connectivity index (χ2n) is 7.62. The minimum Gasteiger partial charge on any atom is -0.494 e. The van der Waals surface area contributed by atoms with E-state index in [4.69, 9.17) is 4.74 Å². The number of amides is 1. The molecule has 0 unspecified atom stereocenters. The van der Waals surface area contributed by atoms with Crippen LogP contribution in [0.4, 0.5) is 20.3 Å². The Bertz CT molecular complexity index is 875. The molecule has 1 aromatic carbocycles. The molecule has 2 aliphatic carbocycles. The smallest absolute Gasteiger partial charge is 0.274 e. The van der Waals surface area contributed by atoms with Gasteiger partial charge < -0.3 is 15.4 Å². The third-order valence-corrected chi connectivity index (χ3v) is 5.92. The molecule has 2 fully saturated rings. The summed E-state index contributed by atoms with van der Waals surface area (Å²) in [7, 11) is 1.48. The molecule has 0 aliphatic heterocycles. The van der Waals surface area contributed by atoms with Crippen molar-refractivity contribution in [2.24, 2.45) is 5.92 Å². The van der Waals surface area contributed by atoms with Crippen molar-refractivity contribution in [2.75, 3.05) is 12.4 Å². The van der Waals surface area contributed by atoms with E-state index in [0.717, 1.165) is 50.3 Å². The van der Waals surface area contributed by atoms with Crippen LogP contribution in [0.25, 0.3) is 0 Å². The molecule has 2 aliphatic rings. The number of anilines is 2. The Kier molecular flexibility index (Phi) is 4.91. The zero-order chi connectivity index (χ0) is 19.7. The minimum absolute atomic E-state index is 0.128. The van der Waals surface area contributed by atoms with Gasteiger partial charge in [-0.3, -0.25) is 4.79 Å². The molecule has 1 amide bonds. The molecule has 0 atom stereocenters. The van der Waals surface area contributed by atoms with Gasteiger partial charge in [-0.2, -0.15) is 0 Å². The summed E-state index contributed by atoms with van der Waals surface area (Å²) < 4.78 is 32.1. The quantitative estimate of drug-likeness (QED) is 0.763. The van der Waals surface area contributed by atoms with E-state index in [0.29, 0.717) is 17.5 Å². The number of halogens is 2. The number of carbonyl (C=O) groups excluding carboxylic acids is 1. The van der Waals surface area contributed by atoms with Crippen LogP contribution in [0.5, 0.6) is 5.75 Å². The Balaban J connectivity index is 1.57. The fourth-order valence-electron chi connectivity index (χ4n) is 4.06. The number of hydrogen-bond donors (Lipinski definition) is 2. The maximum Gasteiger partial charge on any atom is 0.274 e. The summed E-state index contributed by atoms with van der Waals surface area (Å²) in [6.45, 7) is 0. The second-order valence-corrected chi connectivity index (χ2v) is 7.62. The second kappa shape index (κ2) is 7.37. The molecule has 2 aromatic rings. The van der Waals surface area contributed by atoms with Crippen molar-refractivity contribution in [3.8, 4) is 5.75 Å².